The highest BCUT2D eigenvalue weighted by Crippen LogP contribution is 2.70. The van der Waals surface area contributed by atoms with Crippen molar-refractivity contribution in [3.8, 4) is 0 Å². The maximum atomic E-state index is 10.3. The zero-order valence-corrected chi connectivity index (χ0v) is 19.7. The van der Waals surface area contributed by atoms with E-state index in [1.165, 1.54) is 51.4 Å². The van der Waals surface area contributed by atoms with E-state index in [1.54, 1.807) is 0 Å². The number of hydrogen-bond donors (Lipinski definition) is 1. The van der Waals surface area contributed by atoms with Crippen LogP contribution in [0.15, 0.2) is 0 Å². The molecule has 11 atom stereocenters. The van der Waals surface area contributed by atoms with Crippen molar-refractivity contribution in [3.63, 3.8) is 0 Å². The summed E-state index contributed by atoms with van der Waals surface area (Å²) in [4.78, 5) is 0. The molecule has 1 saturated heterocycles. The molecule has 0 spiro atoms. The molecule has 5 aliphatic rings. The number of aliphatic hydroxyl groups is 1. The molecule has 5 fully saturated rings. The van der Waals surface area contributed by atoms with Gasteiger partial charge < -0.3 is 9.84 Å². The number of rotatable bonds is 3. The second kappa shape index (κ2) is 7.22. The van der Waals surface area contributed by atoms with E-state index in [2.05, 4.69) is 34.6 Å². The first-order valence-electron chi connectivity index (χ1n) is 13.1. The summed E-state index contributed by atoms with van der Waals surface area (Å²) < 4.78 is 6.80. The van der Waals surface area contributed by atoms with Gasteiger partial charge in [-0.1, -0.05) is 34.6 Å². The van der Waals surface area contributed by atoms with Gasteiger partial charge in [0.05, 0.1) is 18.3 Å². The first kappa shape index (κ1) is 20.8. The van der Waals surface area contributed by atoms with Crippen molar-refractivity contribution < 1.29 is 9.84 Å². The minimum atomic E-state index is -0.0265. The van der Waals surface area contributed by atoms with E-state index in [0.29, 0.717) is 23.0 Å². The highest BCUT2D eigenvalue weighted by Gasteiger charge is 2.65. The van der Waals surface area contributed by atoms with E-state index >= 15 is 0 Å². The fraction of sp³-hybridized carbons (Fsp3) is 1.00. The second-order valence-electron chi connectivity index (χ2n) is 12.9. The standard InChI is InChI=1S/C27H46O2/c1-16(2)6-9-23-17(3)25-24(29-23)15-22-20-8-7-18-14-19(28)10-12-26(18,4)21(20)11-13-27(22,25)5/h16-25,28H,6-15H2,1-5H3/t17-,18?,19?,20?,21?,22?,23?,24?,25?,26?,27?/m1/s1. The van der Waals surface area contributed by atoms with Gasteiger partial charge in [-0.3, -0.25) is 0 Å². The van der Waals surface area contributed by atoms with E-state index < -0.39 is 0 Å². The average Bonchev–Trinajstić information content (AvgIpc) is 3.14. The van der Waals surface area contributed by atoms with Gasteiger partial charge >= 0.3 is 0 Å². The number of fused-ring (bicyclic) bond motifs is 7. The minimum absolute atomic E-state index is 0.0265. The van der Waals surface area contributed by atoms with Crippen LogP contribution in [0.25, 0.3) is 0 Å². The Morgan fingerprint density at radius 1 is 0.966 bits per heavy atom. The van der Waals surface area contributed by atoms with Gasteiger partial charge in [-0.25, -0.2) is 0 Å². The predicted molar refractivity (Wildman–Crippen MR) is 119 cm³/mol. The molecule has 0 radical (unpaired) electrons. The molecular formula is C27H46O2. The Balaban J connectivity index is 1.35. The topological polar surface area (TPSA) is 29.5 Å². The molecular weight excluding hydrogens is 356 g/mol. The van der Waals surface area contributed by atoms with Gasteiger partial charge in [-0.2, -0.15) is 0 Å². The lowest BCUT2D eigenvalue weighted by molar-refractivity contribution is -0.130. The van der Waals surface area contributed by atoms with Crippen LogP contribution in [0, 0.1) is 52.3 Å². The molecule has 0 aromatic heterocycles. The van der Waals surface area contributed by atoms with Gasteiger partial charge in [0, 0.05) is 0 Å². The van der Waals surface area contributed by atoms with E-state index in [1.807, 2.05) is 0 Å². The molecule has 4 saturated carbocycles. The van der Waals surface area contributed by atoms with Gasteiger partial charge in [-0.05, 0) is 116 Å². The van der Waals surface area contributed by atoms with Crippen molar-refractivity contribution in [2.45, 2.75) is 117 Å². The quantitative estimate of drug-likeness (QED) is 0.587. The first-order chi connectivity index (χ1) is 13.7. The molecule has 29 heavy (non-hydrogen) atoms. The van der Waals surface area contributed by atoms with E-state index in [-0.39, 0.29) is 6.10 Å². The summed E-state index contributed by atoms with van der Waals surface area (Å²) >= 11 is 0. The van der Waals surface area contributed by atoms with Crippen LogP contribution in [-0.4, -0.2) is 23.4 Å². The van der Waals surface area contributed by atoms with Crippen molar-refractivity contribution >= 4 is 0 Å². The molecule has 1 N–H and O–H groups in total. The third kappa shape index (κ3) is 3.09. The number of ether oxygens (including phenoxy) is 1. The lowest BCUT2D eigenvalue weighted by atomic mass is 9.44. The Labute approximate surface area is 179 Å². The highest BCUT2D eigenvalue weighted by molar-refractivity contribution is 5.14. The fourth-order valence-corrected chi connectivity index (χ4v) is 9.75. The Kier molecular flexibility index (Phi) is 5.18. The number of hydrogen-bond acceptors (Lipinski definition) is 2. The van der Waals surface area contributed by atoms with Crippen molar-refractivity contribution in [1.82, 2.24) is 0 Å². The van der Waals surface area contributed by atoms with E-state index in [0.717, 1.165) is 54.3 Å². The van der Waals surface area contributed by atoms with Crippen LogP contribution in [-0.2, 0) is 4.74 Å². The molecule has 10 unspecified atom stereocenters. The maximum absolute atomic E-state index is 10.3. The summed E-state index contributed by atoms with van der Waals surface area (Å²) in [5.41, 5.74) is 1.00. The van der Waals surface area contributed by atoms with Crippen molar-refractivity contribution in [2.75, 3.05) is 0 Å². The highest BCUT2D eigenvalue weighted by atomic mass is 16.5. The Morgan fingerprint density at radius 3 is 2.48 bits per heavy atom. The summed E-state index contributed by atoms with van der Waals surface area (Å²) in [7, 11) is 0. The third-order valence-corrected chi connectivity index (χ3v) is 11.3. The SMILES string of the molecule is CC(C)CCC1OC2CC3C4CCC5CC(O)CCC5(C)C4CCC3(C)C2[C@@H]1C. The summed E-state index contributed by atoms with van der Waals surface area (Å²) in [6, 6.07) is 0. The van der Waals surface area contributed by atoms with Crippen LogP contribution in [0.4, 0.5) is 0 Å². The molecule has 166 valence electrons. The summed E-state index contributed by atoms with van der Waals surface area (Å²) in [6.45, 7) is 12.5. The zero-order valence-electron chi connectivity index (χ0n) is 19.7. The zero-order chi connectivity index (χ0) is 20.6. The molecule has 1 aliphatic heterocycles. The second-order valence-corrected chi connectivity index (χ2v) is 12.9. The van der Waals surface area contributed by atoms with Crippen LogP contribution in [0.1, 0.15) is 98.8 Å². The molecule has 5 rings (SSSR count). The van der Waals surface area contributed by atoms with Crippen LogP contribution in [0.2, 0.25) is 0 Å². The Morgan fingerprint density at radius 2 is 1.72 bits per heavy atom. The molecule has 0 amide bonds. The van der Waals surface area contributed by atoms with Crippen LogP contribution in [0.5, 0.6) is 0 Å². The lowest BCUT2D eigenvalue weighted by Gasteiger charge is -2.61. The van der Waals surface area contributed by atoms with E-state index in [9.17, 15) is 5.11 Å². The van der Waals surface area contributed by atoms with Crippen molar-refractivity contribution in [1.29, 1.82) is 0 Å². The van der Waals surface area contributed by atoms with Crippen LogP contribution < -0.4 is 0 Å². The molecule has 0 bridgehead atoms. The smallest absolute Gasteiger partial charge is 0.0618 e. The fourth-order valence-electron chi connectivity index (χ4n) is 9.75. The first-order valence-corrected chi connectivity index (χ1v) is 13.1. The molecule has 2 nitrogen and oxygen atoms in total. The largest absolute Gasteiger partial charge is 0.393 e. The third-order valence-electron chi connectivity index (χ3n) is 11.3. The van der Waals surface area contributed by atoms with Gasteiger partial charge in [0.1, 0.15) is 0 Å². The molecule has 0 aromatic carbocycles. The number of aliphatic hydroxyl groups excluding tert-OH is 1. The average molecular weight is 403 g/mol. The summed E-state index contributed by atoms with van der Waals surface area (Å²) in [6.07, 6.45) is 14.0. The van der Waals surface area contributed by atoms with Crippen molar-refractivity contribution in [2.24, 2.45) is 52.3 Å². The summed E-state index contributed by atoms with van der Waals surface area (Å²) in [5.74, 6) is 5.79. The van der Waals surface area contributed by atoms with E-state index in [4.69, 9.17) is 4.74 Å². The van der Waals surface area contributed by atoms with Gasteiger partial charge in [-0.15, -0.1) is 0 Å². The molecule has 4 aliphatic carbocycles. The van der Waals surface area contributed by atoms with Gasteiger partial charge in [0.25, 0.3) is 0 Å². The normalized spacial score (nSPS) is 56.6. The Hall–Kier alpha value is -0.0800. The minimum Gasteiger partial charge on any atom is -0.393 e. The van der Waals surface area contributed by atoms with Crippen molar-refractivity contribution in [3.05, 3.63) is 0 Å². The lowest BCUT2D eigenvalue weighted by Crippen LogP contribution is -2.54. The molecule has 0 aromatic rings. The van der Waals surface area contributed by atoms with Gasteiger partial charge in [0.2, 0.25) is 0 Å². The maximum Gasteiger partial charge on any atom is 0.0618 e. The Bertz CT molecular complexity index is 616. The van der Waals surface area contributed by atoms with Crippen LogP contribution in [0.3, 0.4) is 0 Å². The molecule has 2 heteroatoms. The van der Waals surface area contributed by atoms with Crippen LogP contribution >= 0.6 is 0 Å². The molecule has 1 heterocycles. The monoisotopic (exact) mass is 402 g/mol. The summed E-state index contributed by atoms with van der Waals surface area (Å²) in [5, 5.41) is 10.3. The van der Waals surface area contributed by atoms with Gasteiger partial charge in [0.15, 0.2) is 0 Å². The predicted octanol–water partition coefficient (Wildman–Crippen LogP) is 6.46.